The summed E-state index contributed by atoms with van der Waals surface area (Å²) in [6.07, 6.45) is 6.42. The highest BCUT2D eigenvalue weighted by molar-refractivity contribution is 5.87. The van der Waals surface area contributed by atoms with Crippen LogP contribution >= 0.6 is 0 Å². The molecule has 5 nitrogen and oxygen atoms in total. The van der Waals surface area contributed by atoms with Gasteiger partial charge in [-0.2, -0.15) is 0 Å². The van der Waals surface area contributed by atoms with Gasteiger partial charge >= 0.3 is 0 Å². The van der Waals surface area contributed by atoms with E-state index in [1.54, 1.807) is 6.20 Å². The molecule has 138 valence electrons. The number of benzene rings is 2. The molecule has 1 aliphatic carbocycles. The molecule has 1 amide bonds. The van der Waals surface area contributed by atoms with Crippen molar-refractivity contribution in [2.75, 3.05) is 0 Å². The standard InChI is InChI=1S/C22H23N3O2/c1-16-24-12-13-25(16)19-8-6-17(7-9-19)15-27-20-5-2-4-18(14-20)22(21(23)26)10-3-11-22/h2,4-9,12-14H,3,10-11,15H2,1H3,(H2,23,26). The zero-order valence-corrected chi connectivity index (χ0v) is 15.4. The number of hydrogen-bond donors (Lipinski definition) is 1. The fourth-order valence-corrected chi connectivity index (χ4v) is 3.66. The van der Waals surface area contributed by atoms with Crippen molar-refractivity contribution in [2.24, 2.45) is 5.73 Å². The number of nitrogens with zero attached hydrogens (tertiary/aromatic N) is 2. The molecule has 0 saturated heterocycles. The highest BCUT2D eigenvalue weighted by Crippen LogP contribution is 2.44. The van der Waals surface area contributed by atoms with Gasteiger partial charge in [0.2, 0.25) is 5.91 Å². The SMILES string of the molecule is Cc1nccn1-c1ccc(COc2cccc(C3(C(N)=O)CCC3)c2)cc1. The molecule has 0 aliphatic heterocycles. The number of nitrogens with two attached hydrogens (primary N) is 1. The molecule has 0 bridgehead atoms. The molecule has 0 radical (unpaired) electrons. The molecule has 0 atom stereocenters. The van der Waals surface area contributed by atoms with Crippen LogP contribution in [0.4, 0.5) is 0 Å². The van der Waals surface area contributed by atoms with E-state index in [4.69, 9.17) is 10.5 Å². The van der Waals surface area contributed by atoms with E-state index >= 15 is 0 Å². The molecule has 1 aliphatic rings. The lowest BCUT2D eigenvalue weighted by molar-refractivity contribution is -0.126. The van der Waals surface area contributed by atoms with E-state index in [0.29, 0.717) is 6.61 Å². The van der Waals surface area contributed by atoms with Gasteiger partial charge in [-0.1, -0.05) is 30.7 Å². The van der Waals surface area contributed by atoms with Crippen molar-refractivity contribution in [3.63, 3.8) is 0 Å². The van der Waals surface area contributed by atoms with Crippen molar-refractivity contribution in [1.82, 2.24) is 9.55 Å². The number of aryl methyl sites for hydroxylation is 1. The minimum Gasteiger partial charge on any atom is -0.489 e. The quantitative estimate of drug-likeness (QED) is 0.728. The van der Waals surface area contributed by atoms with Crippen molar-refractivity contribution >= 4 is 5.91 Å². The van der Waals surface area contributed by atoms with Crippen LogP contribution in [-0.4, -0.2) is 15.5 Å². The van der Waals surface area contributed by atoms with Crippen LogP contribution in [0.3, 0.4) is 0 Å². The maximum absolute atomic E-state index is 11.9. The fourth-order valence-electron chi connectivity index (χ4n) is 3.66. The van der Waals surface area contributed by atoms with E-state index in [0.717, 1.165) is 47.7 Å². The van der Waals surface area contributed by atoms with E-state index in [9.17, 15) is 4.79 Å². The number of carbonyl (C=O) groups excluding carboxylic acids is 1. The largest absolute Gasteiger partial charge is 0.489 e. The van der Waals surface area contributed by atoms with Gasteiger partial charge in [-0.25, -0.2) is 4.98 Å². The molecule has 2 aromatic carbocycles. The Morgan fingerprint density at radius 3 is 2.59 bits per heavy atom. The number of hydrogen-bond acceptors (Lipinski definition) is 3. The maximum atomic E-state index is 11.9. The molecule has 27 heavy (non-hydrogen) atoms. The Morgan fingerprint density at radius 1 is 1.22 bits per heavy atom. The maximum Gasteiger partial charge on any atom is 0.228 e. The van der Waals surface area contributed by atoms with Crippen LogP contribution in [0.25, 0.3) is 5.69 Å². The van der Waals surface area contributed by atoms with E-state index in [1.165, 1.54) is 0 Å². The van der Waals surface area contributed by atoms with Crippen molar-refractivity contribution in [3.8, 4) is 11.4 Å². The fraction of sp³-hybridized carbons (Fsp3) is 0.273. The smallest absolute Gasteiger partial charge is 0.228 e. The summed E-state index contributed by atoms with van der Waals surface area (Å²) in [5, 5.41) is 0. The predicted octanol–water partition coefficient (Wildman–Crippen LogP) is 3.67. The number of carbonyl (C=O) groups is 1. The summed E-state index contributed by atoms with van der Waals surface area (Å²) >= 11 is 0. The molecule has 4 rings (SSSR count). The van der Waals surface area contributed by atoms with E-state index in [1.807, 2.05) is 42.0 Å². The lowest BCUT2D eigenvalue weighted by Gasteiger charge is -2.39. The summed E-state index contributed by atoms with van der Waals surface area (Å²) in [4.78, 5) is 16.2. The molecule has 1 aromatic heterocycles. The number of aromatic nitrogens is 2. The van der Waals surface area contributed by atoms with Crippen LogP contribution in [0.15, 0.2) is 60.9 Å². The third-order valence-electron chi connectivity index (χ3n) is 5.51. The molecular formula is C22H23N3O2. The predicted molar refractivity (Wildman–Crippen MR) is 104 cm³/mol. The monoisotopic (exact) mass is 361 g/mol. The minimum absolute atomic E-state index is 0.240. The average molecular weight is 361 g/mol. The lowest BCUT2D eigenvalue weighted by Crippen LogP contribution is -2.46. The zero-order chi connectivity index (χ0) is 18.9. The first-order valence-electron chi connectivity index (χ1n) is 9.21. The van der Waals surface area contributed by atoms with Crippen LogP contribution < -0.4 is 10.5 Å². The Hall–Kier alpha value is -3.08. The zero-order valence-electron chi connectivity index (χ0n) is 15.4. The molecule has 0 unspecified atom stereocenters. The minimum atomic E-state index is -0.510. The second-order valence-corrected chi connectivity index (χ2v) is 7.13. The van der Waals surface area contributed by atoms with Gasteiger partial charge in [0.25, 0.3) is 0 Å². The number of ether oxygens (including phenoxy) is 1. The molecule has 2 N–H and O–H groups in total. The first-order chi connectivity index (χ1) is 13.1. The van der Waals surface area contributed by atoms with Gasteiger partial charge in [-0.15, -0.1) is 0 Å². The van der Waals surface area contributed by atoms with Crippen LogP contribution in [0.5, 0.6) is 5.75 Å². The Labute approximate surface area is 158 Å². The molecular weight excluding hydrogens is 338 g/mol. The van der Waals surface area contributed by atoms with E-state index < -0.39 is 5.41 Å². The number of rotatable bonds is 6. The summed E-state index contributed by atoms with van der Waals surface area (Å²) in [7, 11) is 0. The van der Waals surface area contributed by atoms with Crippen LogP contribution in [0, 0.1) is 6.92 Å². The molecule has 3 aromatic rings. The average Bonchev–Trinajstić information content (AvgIpc) is 3.05. The third-order valence-corrected chi connectivity index (χ3v) is 5.51. The summed E-state index contributed by atoms with van der Waals surface area (Å²) in [6, 6.07) is 16.0. The first-order valence-corrected chi connectivity index (χ1v) is 9.21. The Bertz CT molecular complexity index is 956. The van der Waals surface area contributed by atoms with Gasteiger partial charge in [0.1, 0.15) is 18.2 Å². The second-order valence-electron chi connectivity index (χ2n) is 7.13. The van der Waals surface area contributed by atoms with Crippen molar-refractivity contribution in [3.05, 3.63) is 77.9 Å². The van der Waals surface area contributed by atoms with Gasteiger partial charge in [-0.3, -0.25) is 4.79 Å². The van der Waals surface area contributed by atoms with Gasteiger partial charge in [0, 0.05) is 18.1 Å². The van der Waals surface area contributed by atoms with Gasteiger partial charge in [-0.05, 0) is 55.2 Å². The normalized spacial score (nSPS) is 15.1. The van der Waals surface area contributed by atoms with Crippen molar-refractivity contribution < 1.29 is 9.53 Å². The van der Waals surface area contributed by atoms with Crippen LogP contribution in [0.1, 0.15) is 36.2 Å². The van der Waals surface area contributed by atoms with E-state index in [-0.39, 0.29) is 5.91 Å². The highest BCUT2D eigenvalue weighted by atomic mass is 16.5. The second kappa shape index (κ2) is 6.91. The van der Waals surface area contributed by atoms with Crippen LogP contribution in [-0.2, 0) is 16.8 Å². The Balaban J connectivity index is 1.46. The summed E-state index contributed by atoms with van der Waals surface area (Å²) in [5.74, 6) is 1.47. The van der Waals surface area contributed by atoms with Gasteiger partial charge < -0.3 is 15.0 Å². The summed E-state index contributed by atoms with van der Waals surface area (Å²) < 4.78 is 8.00. The lowest BCUT2D eigenvalue weighted by atomic mass is 9.64. The molecule has 1 saturated carbocycles. The number of primary amides is 1. The number of amides is 1. The first kappa shape index (κ1) is 17.3. The molecule has 5 heteroatoms. The van der Waals surface area contributed by atoms with E-state index in [2.05, 4.69) is 29.2 Å². The number of imidazole rings is 1. The summed E-state index contributed by atoms with van der Waals surface area (Å²) in [5.41, 5.74) is 8.26. The molecule has 1 fully saturated rings. The van der Waals surface area contributed by atoms with Gasteiger partial charge in [0.15, 0.2) is 0 Å². The van der Waals surface area contributed by atoms with Crippen molar-refractivity contribution in [2.45, 2.75) is 38.2 Å². The van der Waals surface area contributed by atoms with Crippen molar-refractivity contribution in [1.29, 1.82) is 0 Å². The Morgan fingerprint density at radius 2 is 2.00 bits per heavy atom. The summed E-state index contributed by atoms with van der Waals surface area (Å²) in [6.45, 7) is 2.45. The Kier molecular flexibility index (Phi) is 4.44. The third kappa shape index (κ3) is 3.21. The molecule has 0 spiro atoms. The van der Waals surface area contributed by atoms with Gasteiger partial charge in [0.05, 0.1) is 5.41 Å². The highest BCUT2D eigenvalue weighted by Gasteiger charge is 2.44. The topological polar surface area (TPSA) is 70.1 Å². The van der Waals surface area contributed by atoms with Crippen LogP contribution in [0.2, 0.25) is 0 Å². The molecule has 1 heterocycles.